The van der Waals surface area contributed by atoms with Crippen molar-refractivity contribution < 1.29 is 18.7 Å². The van der Waals surface area contributed by atoms with Gasteiger partial charge < -0.3 is 14.8 Å². The number of hydrogen-bond acceptors (Lipinski definition) is 3. The molecule has 0 bridgehead atoms. The maximum Gasteiger partial charge on any atom is 0.265 e. The van der Waals surface area contributed by atoms with Gasteiger partial charge in [0, 0.05) is 18.2 Å². The third-order valence-corrected chi connectivity index (χ3v) is 4.36. The van der Waals surface area contributed by atoms with Crippen molar-refractivity contribution in [3.8, 4) is 11.5 Å². The first kappa shape index (κ1) is 17.1. The maximum atomic E-state index is 12.9. The van der Waals surface area contributed by atoms with E-state index in [0.29, 0.717) is 24.5 Å². The predicted octanol–water partition coefficient (Wildman–Crippen LogP) is 4.35. The number of ether oxygens (including phenoxy) is 2. The first-order valence-corrected chi connectivity index (χ1v) is 8.70. The molecule has 0 fully saturated rings. The van der Waals surface area contributed by atoms with Crippen LogP contribution in [-0.2, 0) is 17.8 Å². The van der Waals surface area contributed by atoms with Gasteiger partial charge in [-0.25, -0.2) is 4.39 Å². The molecule has 1 heterocycles. The quantitative estimate of drug-likeness (QED) is 0.733. The highest BCUT2D eigenvalue weighted by Crippen LogP contribution is 2.29. The summed E-state index contributed by atoms with van der Waals surface area (Å²) in [6.07, 6.45) is 0.0224. The Morgan fingerprint density at radius 2 is 1.89 bits per heavy atom. The van der Waals surface area contributed by atoms with Crippen LogP contribution in [0.2, 0.25) is 0 Å². The largest absolute Gasteiger partial charge is 0.489 e. The fraction of sp³-hybridized carbons (Fsp3) is 0.136. The smallest absolute Gasteiger partial charge is 0.265 e. The minimum Gasteiger partial charge on any atom is -0.489 e. The Hall–Kier alpha value is -3.34. The van der Waals surface area contributed by atoms with Gasteiger partial charge >= 0.3 is 0 Å². The fourth-order valence-corrected chi connectivity index (χ4v) is 2.96. The van der Waals surface area contributed by atoms with Crippen molar-refractivity contribution >= 4 is 11.6 Å². The molecule has 0 radical (unpaired) electrons. The average Bonchev–Trinajstić information content (AvgIpc) is 3.12. The van der Waals surface area contributed by atoms with Crippen molar-refractivity contribution in [1.82, 2.24) is 0 Å². The van der Waals surface area contributed by atoms with Crippen LogP contribution in [0.4, 0.5) is 10.1 Å². The van der Waals surface area contributed by atoms with Gasteiger partial charge in [-0.3, -0.25) is 4.79 Å². The lowest BCUT2D eigenvalue weighted by Crippen LogP contribution is -2.31. The molecule has 4 nitrogen and oxygen atoms in total. The Morgan fingerprint density at radius 3 is 2.70 bits per heavy atom. The molecule has 1 atom stereocenters. The molecule has 5 heteroatoms. The molecule has 1 aliphatic rings. The molecule has 1 aliphatic heterocycles. The molecule has 3 aromatic rings. The van der Waals surface area contributed by atoms with Crippen LogP contribution in [0.15, 0.2) is 72.8 Å². The average molecular weight is 363 g/mol. The summed E-state index contributed by atoms with van der Waals surface area (Å²) >= 11 is 0. The second-order valence-corrected chi connectivity index (χ2v) is 6.35. The Labute approximate surface area is 156 Å². The Bertz CT molecular complexity index is 931. The number of fused-ring (bicyclic) bond motifs is 1. The van der Waals surface area contributed by atoms with E-state index in [-0.39, 0.29) is 11.7 Å². The number of anilines is 1. The number of hydrogen-bond donors (Lipinski definition) is 1. The zero-order chi connectivity index (χ0) is 18.6. The van der Waals surface area contributed by atoms with Gasteiger partial charge in [-0.1, -0.05) is 36.4 Å². The van der Waals surface area contributed by atoms with Gasteiger partial charge in [0.25, 0.3) is 5.91 Å². The number of rotatable bonds is 5. The van der Waals surface area contributed by atoms with Crippen molar-refractivity contribution in [2.45, 2.75) is 19.1 Å². The lowest BCUT2D eigenvalue weighted by atomic mass is 10.1. The van der Waals surface area contributed by atoms with Gasteiger partial charge in [0.1, 0.15) is 23.9 Å². The Balaban J connectivity index is 1.36. The van der Waals surface area contributed by atoms with Crippen LogP contribution in [0.5, 0.6) is 11.5 Å². The summed E-state index contributed by atoms with van der Waals surface area (Å²) in [5, 5.41) is 2.87. The van der Waals surface area contributed by atoms with E-state index < -0.39 is 6.10 Å². The molecule has 136 valence electrons. The van der Waals surface area contributed by atoms with Gasteiger partial charge in [0.2, 0.25) is 0 Å². The maximum absolute atomic E-state index is 12.9. The zero-order valence-electron chi connectivity index (χ0n) is 14.5. The highest BCUT2D eigenvalue weighted by Gasteiger charge is 2.28. The van der Waals surface area contributed by atoms with Crippen molar-refractivity contribution in [1.29, 1.82) is 0 Å². The van der Waals surface area contributed by atoms with Crippen LogP contribution >= 0.6 is 0 Å². The topological polar surface area (TPSA) is 47.6 Å². The van der Waals surface area contributed by atoms with Gasteiger partial charge in [-0.15, -0.1) is 0 Å². The molecule has 0 saturated heterocycles. The minimum absolute atomic E-state index is 0.193. The molecule has 1 unspecified atom stereocenters. The summed E-state index contributed by atoms with van der Waals surface area (Å²) in [7, 11) is 0. The van der Waals surface area contributed by atoms with Crippen LogP contribution in [0.1, 0.15) is 11.1 Å². The van der Waals surface area contributed by atoms with Gasteiger partial charge in [0.05, 0.1) is 0 Å². The third-order valence-electron chi connectivity index (χ3n) is 4.36. The SMILES string of the molecule is O=C(Nc1cccc(OCc2ccc(F)cc2)c1)C1Cc2ccccc2O1. The molecule has 0 aromatic heterocycles. The summed E-state index contributed by atoms with van der Waals surface area (Å²) in [5.74, 6) is 0.906. The normalized spacial score (nSPS) is 14.9. The van der Waals surface area contributed by atoms with Crippen molar-refractivity contribution in [2.24, 2.45) is 0 Å². The zero-order valence-corrected chi connectivity index (χ0v) is 14.5. The van der Waals surface area contributed by atoms with Gasteiger partial charge in [-0.05, 0) is 41.5 Å². The van der Waals surface area contributed by atoms with Crippen LogP contribution in [0, 0.1) is 5.82 Å². The van der Waals surface area contributed by atoms with E-state index in [0.717, 1.165) is 16.9 Å². The van der Waals surface area contributed by atoms with Crippen molar-refractivity contribution in [3.63, 3.8) is 0 Å². The molecule has 3 aromatic carbocycles. The second-order valence-electron chi connectivity index (χ2n) is 6.35. The number of carbonyl (C=O) groups is 1. The van der Waals surface area contributed by atoms with E-state index in [1.54, 1.807) is 36.4 Å². The molecule has 27 heavy (non-hydrogen) atoms. The molecule has 0 aliphatic carbocycles. The van der Waals surface area contributed by atoms with Crippen molar-refractivity contribution in [2.75, 3.05) is 5.32 Å². The third kappa shape index (κ3) is 4.08. The second kappa shape index (κ2) is 7.50. The van der Waals surface area contributed by atoms with E-state index in [1.807, 2.05) is 24.3 Å². The first-order chi connectivity index (χ1) is 13.2. The number of para-hydroxylation sites is 1. The van der Waals surface area contributed by atoms with E-state index in [4.69, 9.17) is 9.47 Å². The van der Waals surface area contributed by atoms with E-state index in [9.17, 15) is 9.18 Å². The fourth-order valence-electron chi connectivity index (χ4n) is 2.96. The highest BCUT2D eigenvalue weighted by atomic mass is 19.1. The number of halogens is 1. The molecule has 4 rings (SSSR count). The minimum atomic E-state index is -0.536. The number of benzene rings is 3. The predicted molar refractivity (Wildman–Crippen MR) is 100 cm³/mol. The molecule has 0 spiro atoms. The van der Waals surface area contributed by atoms with E-state index in [1.165, 1.54) is 12.1 Å². The van der Waals surface area contributed by atoms with Crippen molar-refractivity contribution in [3.05, 3.63) is 89.7 Å². The van der Waals surface area contributed by atoms with Crippen LogP contribution < -0.4 is 14.8 Å². The molecule has 1 N–H and O–H groups in total. The molecular formula is C22H18FNO3. The lowest BCUT2D eigenvalue weighted by molar-refractivity contribution is -0.122. The summed E-state index contributed by atoms with van der Waals surface area (Å²) in [6.45, 7) is 0.318. The van der Waals surface area contributed by atoms with E-state index in [2.05, 4.69) is 5.32 Å². The lowest BCUT2D eigenvalue weighted by Gasteiger charge is -2.13. The first-order valence-electron chi connectivity index (χ1n) is 8.70. The summed E-state index contributed by atoms with van der Waals surface area (Å²) < 4.78 is 24.4. The van der Waals surface area contributed by atoms with Crippen LogP contribution in [0.3, 0.4) is 0 Å². The molecule has 0 saturated carbocycles. The Morgan fingerprint density at radius 1 is 1.07 bits per heavy atom. The van der Waals surface area contributed by atoms with Crippen LogP contribution in [0.25, 0.3) is 0 Å². The van der Waals surface area contributed by atoms with Gasteiger partial charge in [-0.2, -0.15) is 0 Å². The summed E-state index contributed by atoms with van der Waals surface area (Å²) in [5.41, 5.74) is 2.54. The van der Waals surface area contributed by atoms with E-state index >= 15 is 0 Å². The molecular weight excluding hydrogens is 345 g/mol. The number of carbonyl (C=O) groups excluding carboxylic acids is 1. The standard InChI is InChI=1S/C22H18FNO3/c23-17-10-8-15(9-11-17)14-26-19-6-3-5-18(13-19)24-22(25)21-12-16-4-1-2-7-20(16)27-21/h1-11,13,21H,12,14H2,(H,24,25). The summed E-state index contributed by atoms with van der Waals surface area (Å²) in [4.78, 5) is 12.5. The Kier molecular flexibility index (Phi) is 4.75. The summed E-state index contributed by atoms with van der Waals surface area (Å²) in [6, 6.07) is 21.0. The number of nitrogens with one attached hydrogen (secondary N) is 1. The van der Waals surface area contributed by atoms with Gasteiger partial charge in [0.15, 0.2) is 6.10 Å². The highest BCUT2D eigenvalue weighted by molar-refractivity contribution is 5.95. The monoisotopic (exact) mass is 363 g/mol. The van der Waals surface area contributed by atoms with Crippen LogP contribution in [-0.4, -0.2) is 12.0 Å². The molecule has 1 amide bonds. The number of amides is 1.